The highest BCUT2D eigenvalue weighted by atomic mass is 32.2. The molecule has 0 bridgehead atoms. The summed E-state index contributed by atoms with van der Waals surface area (Å²) in [5.74, 6) is 0.537. The summed E-state index contributed by atoms with van der Waals surface area (Å²) in [7, 11) is -0.821. The first-order valence-electron chi connectivity index (χ1n) is 5.97. The van der Waals surface area contributed by atoms with Crippen molar-refractivity contribution in [2.45, 2.75) is 32.9 Å². The highest BCUT2D eigenvalue weighted by molar-refractivity contribution is 7.91. The second-order valence-corrected chi connectivity index (χ2v) is 6.99. The summed E-state index contributed by atoms with van der Waals surface area (Å²) < 4.78 is 24.9. The first kappa shape index (κ1) is 12.6. The van der Waals surface area contributed by atoms with E-state index >= 15 is 0 Å². The molecule has 1 aromatic rings. The van der Waals surface area contributed by atoms with Crippen LogP contribution in [-0.2, 0) is 16.4 Å². The van der Waals surface area contributed by atoms with Crippen molar-refractivity contribution in [2.75, 3.05) is 18.6 Å². The minimum Gasteiger partial charge on any atom is -0.345 e. The van der Waals surface area contributed by atoms with Gasteiger partial charge in [-0.15, -0.1) is 0 Å². The number of hydrogen-bond acceptors (Lipinski definition) is 3. The molecule has 6 heteroatoms. The number of nitrogens with zero attached hydrogens (tertiary/aromatic N) is 2. The lowest BCUT2D eigenvalue weighted by atomic mass is 10.2. The zero-order valence-electron chi connectivity index (χ0n) is 10.6. The van der Waals surface area contributed by atoms with Crippen LogP contribution in [0.15, 0.2) is 0 Å². The van der Waals surface area contributed by atoms with Gasteiger partial charge in [0.05, 0.1) is 30.3 Å². The molecule has 0 radical (unpaired) electrons. The Balaban J connectivity index is 2.31. The van der Waals surface area contributed by atoms with Crippen molar-refractivity contribution in [3.8, 4) is 0 Å². The molecule has 17 heavy (non-hydrogen) atoms. The quantitative estimate of drug-likeness (QED) is 0.798. The predicted octanol–water partition coefficient (Wildman–Crippen LogP) is -0.447. The summed E-state index contributed by atoms with van der Waals surface area (Å²) in [6.45, 7) is 4.92. The van der Waals surface area contributed by atoms with Crippen LogP contribution < -0.4 is 5.32 Å². The van der Waals surface area contributed by atoms with Gasteiger partial charge in [0, 0.05) is 11.3 Å². The van der Waals surface area contributed by atoms with Crippen molar-refractivity contribution >= 4 is 9.84 Å². The van der Waals surface area contributed by atoms with Crippen LogP contribution >= 0.6 is 0 Å². The minimum atomic E-state index is -2.84. The Morgan fingerprint density at radius 2 is 2.18 bits per heavy atom. The van der Waals surface area contributed by atoms with Crippen LogP contribution in [0.25, 0.3) is 0 Å². The molecule has 2 heterocycles. The average Bonchev–Trinajstić information content (AvgIpc) is 2.73. The number of rotatable bonds is 3. The first-order chi connectivity index (χ1) is 7.94. The second-order valence-electron chi connectivity index (χ2n) is 4.76. The van der Waals surface area contributed by atoms with E-state index in [0.29, 0.717) is 12.2 Å². The maximum absolute atomic E-state index is 11.5. The van der Waals surface area contributed by atoms with E-state index in [9.17, 15) is 8.42 Å². The van der Waals surface area contributed by atoms with Crippen LogP contribution in [-0.4, -0.2) is 36.8 Å². The fourth-order valence-corrected chi connectivity index (χ4v) is 4.21. The molecule has 0 spiro atoms. The average molecular weight is 258 g/mol. The summed E-state index contributed by atoms with van der Waals surface area (Å²) in [5.41, 5.74) is 3.37. The topological polar surface area (TPSA) is 68.6 Å². The second kappa shape index (κ2) is 4.42. The molecule has 1 aromatic heterocycles. The lowest BCUT2D eigenvalue weighted by Crippen LogP contribution is -2.77. The number of quaternary nitrogens is 1. The molecular weight excluding hydrogens is 238 g/mol. The molecule has 0 amide bonds. The van der Waals surface area contributed by atoms with E-state index in [2.05, 4.69) is 10.4 Å². The molecule has 0 aliphatic carbocycles. The number of nitrogens with two attached hydrogens (primary N) is 1. The van der Waals surface area contributed by atoms with Crippen LogP contribution in [0, 0.1) is 13.8 Å². The van der Waals surface area contributed by atoms with E-state index in [1.54, 1.807) is 0 Å². The Labute approximate surface area is 102 Å². The van der Waals surface area contributed by atoms with Gasteiger partial charge in [-0.2, -0.15) is 5.10 Å². The maximum Gasteiger partial charge on any atom is 0.152 e. The van der Waals surface area contributed by atoms with Crippen molar-refractivity contribution in [3.63, 3.8) is 0 Å². The lowest BCUT2D eigenvalue weighted by Gasteiger charge is -2.11. The van der Waals surface area contributed by atoms with E-state index < -0.39 is 9.84 Å². The molecule has 1 saturated heterocycles. The Kier molecular flexibility index (Phi) is 3.27. The highest BCUT2D eigenvalue weighted by Gasteiger charge is 2.31. The summed E-state index contributed by atoms with van der Waals surface area (Å²) in [4.78, 5) is 0. The molecule has 96 valence electrons. The van der Waals surface area contributed by atoms with Gasteiger partial charge in [-0.05, 0) is 20.3 Å². The largest absolute Gasteiger partial charge is 0.345 e. The van der Waals surface area contributed by atoms with E-state index in [-0.39, 0.29) is 11.8 Å². The van der Waals surface area contributed by atoms with Gasteiger partial charge in [-0.25, -0.2) is 8.42 Å². The molecule has 0 saturated carbocycles. The van der Waals surface area contributed by atoms with Crippen molar-refractivity contribution < 1.29 is 13.7 Å². The summed E-state index contributed by atoms with van der Waals surface area (Å²) in [5, 5.41) is 6.61. The third kappa shape index (κ3) is 2.37. The molecule has 2 rings (SSSR count). The standard InChI is InChI=1S/C11H19N3O2S/c1-8-11(6-12-3)9(2)14(13-8)10-4-5-17(15,16)7-10/h10,12H,4-7H2,1-3H3/p+1/t10-/m1/s1. The SMILES string of the molecule is C[NH2+]Cc1c(C)nn([C@@H]2CCS(=O)(=O)C2)c1C. The fourth-order valence-electron chi connectivity index (χ4n) is 2.52. The molecule has 2 N–H and O–H groups in total. The fraction of sp³-hybridized carbons (Fsp3) is 0.727. The lowest BCUT2D eigenvalue weighted by molar-refractivity contribution is -0.643. The van der Waals surface area contributed by atoms with E-state index in [1.165, 1.54) is 5.56 Å². The van der Waals surface area contributed by atoms with Crippen molar-refractivity contribution in [2.24, 2.45) is 0 Å². The molecule has 1 aliphatic heterocycles. The number of hydrogen-bond donors (Lipinski definition) is 1. The third-order valence-electron chi connectivity index (χ3n) is 3.44. The normalized spacial score (nSPS) is 23.1. The number of aromatic nitrogens is 2. The van der Waals surface area contributed by atoms with E-state index in [4.69, 9.17) is 0 Å². The molecule has 1 fully saturated rings. The summed E-state index contributed by atoms with van der Waals surface area (Å²) in [6.07, 6.45) is 0.694. The highest BCUT2D eigenvalue weighted by Crippen LogP contribution is 2.26. The van der Waals surface area contributed by atoms with Crippen LogP contribution in [0.3, 0.4) is 0 Å². The molecule has 5 nitrogen and oxygen atoms in total. The van der Waals surface area contributed by atoms with Gasteiger partial charge in [0.1, 0.15) is 6.54 Å². The third-order valence-corrected chi connectivity index (χ3v) is 5.19. The van der Waals surface area contributed by atoms with Gasteiger partial charge < -0.3 is 5.32 Å². The van der Waals surface area contributed by atoms with Crippen molar-refractivity contribution in [3.05, 3.63) is 17.0 Å². The van der Waals surface area contributed by atoms with Crippen LogP contribution in [0.2, 0.25) is 0 Å². The van der Waals surface area contributed by atoms with Gasteiger partial charge in [-0.1, -0.05) is 0 Å². The minimum absolute atomic E-state index is 0.0318. The molecule has 0 unspecified atom stereocenters. The van der Waals surface area contributed by atoms with Gasteiger partial charge >= 0.3 is 0 Å². The van der Waals surface area contributed by atoms with Crippen molar-refractivity contribution in [1.29, 1.82) is 0 Å². The molecule has 1 aliphatic rings. The zero-order chi connectivity index (χ0) is 12.6. The van der Waals surface area contributed by atoms with E-state index in [0.717, 1.165) is 17.9 Å². The Bertz CT molecular complexity index is 519. The van der Waals surface area contributed by atoms with Crippen LogP contribution in [0.4, 0.5) is 0 Å². The van der Waals surface area contributed by atoms with Crippen molar-refractivity contribution in [1.82, 2.24) is 9.78 Å². The number of sulfone groups is 1. The summed E-state index contributed by atoms with van der Waals surface area (Å²) >= 11 is 0. The maximum atomic E-state index is 11.5. The monoisotopic (exact) mass is 258 g/mol. The molecule has 1 atom stereocenters. The van der Waals surface area contributed by atoms with Gasteiger partial charge in [0.2, 0.25) is 0 Å². The summed E-state index contributed by atoms with van der Waals surface area (Å²) in [6, 6.07) is 0.0318. The van der Waals surface area contributed by atoms with E-state index in [1.807, 2.05) is 25.6 Å². The molecule has 0 aromatic carbocycles. The van der Waals surface area contributed by atoms with Crippen LogP contribution in [0.5, 0.6) is 0 Å². The zero-order valence-corrected chi connectivity index (χ0v) is 11.4. The Morgan fingerprint density at radius 3 is 2.71 bits per heavy atom. The smallest absolute Gasteiger partial charge is 0.152 e. The number of aryl methyl sites for hydroxylation is 1. The predicted molar refractivity (Wildman–Crippen MR) is 65.6 cm³/mol. The van der Waals surface area contributed by atoms with Gasteiger partial charge in [0.25, 0.3) is 0 Å². The van der Waals surface area contributed by atoms with Gasteiger partial charge in [-0.3, -0.25) is 4.68 Å². The molecular formula is C11H20N3O2S+. The Morgan fingerprint density at radius 1 is 1.47 bits per heavy atom. The van der Waals surface area contributed by atoms with Gasteiger partial charge in [0.15, 0.2) is 9.84 Å². The first-order valence-corrected chi connectivity index (χ1v) is 7.79. The Hall–Kier alpha value is -0.880. The van der Waals surface area contributed by atoms with Crippen LogP contribution in [0.1, 0.15) is 29.4 Å².